The third kappa shape index (κ3) is 6.38. The highest BCUT2D eigenvalue weighted by molar-refractivity contribution is 5.78. The van der Waals surface area contributed by atoms with Crippen molar-refractivity contribution < 1.29 is 9.18 Å². The Morgan fingerprint density at radius 3 is 2.39 bits per heavy atom. The largest absolute Gasteiger partial charge is 0.356 e. The summed E-state index contributed by atoms with van der Waals surface area (Å²) >= 11 is 0. The van der Waals surface area contributed by atoms with Crippen molar-refractivity contribution in [1.82, 2.24) is 5.32 Å². The maximum absolute atomic E-state index is 12.7. The molecule has 0 atom stereocenters. The van der Waals surface area contributed by atoms with E-state index >= 15 is 0 Å². The molecule has 0 heterocycles. The summed E-state index contributed by atoms with van der Waals surface area (Å²) in [5.74, 6) is -0.278. The van der Waals surface area contributed by atoms with Gasteiger partial charge in [-0.25, -0.2) is 4.39 Å². The highest BCUT2D eigenvalue weighted by Crippen LogP contribution is 2.19. The number of nitrogens with one attached hydrogen (secondary N) is 1. The maximum Gasteiger partial charge on any atom is 0.224 e. The Morgan fingerprint density at radius 2 is 1.83 bits per heavy atom. The SMILES string of the molecule is CC(C)(C)CCCNC(=O)Cc1ccc(F)cc1. The molecule has 0 saturated carbocycles. The third-order valence-corrected chi connectivity index (χ3v) is 2.70. The first-order valence-electron chi connectivity index (χ1n) is 6.38. The highest BCUT2D eigenvalue weighted by Gasteiger charge is 2.09. The van der Waals surface area contributed by atoms with E-state index in [1.807, 2.05) is 0 Å². The third-order valence-electron chi connectivity index (χ3n) is 2.70. The number of hydrogen-bond donors (Lipinski definition) is 1. The molecule has 0 unspecified atom stereocenters. The summed E-state index contributed by atoms with van der Waals surface area (Å²) in [6, 6.07) is 6.04. The fourth-order valence-electron chi connectivity index (χ4n) is 1.70. The summed E-state index contributed by atoms with van der Waals surface area (Å²) < 4.78 is 12.7. The summed E-state index contributed by atoms with van der Waals surface area (Å²) in [6.45, 7) is 7.27. The van der Waals surface area contributed by atoms with Crippen LogP contribution in [0.3, 0.4) is 0 Å². The first-order chi connectivity index (χ1) is 8.37. The average molecular weight is 251 g/mol. The number of carbonyl (C=O) groups is 1. The quantitative estimate of drug-likeness (QED) is 0.799. The minimum Gasteiger partial charge on any atom is -0.356 e. The molecular weight excluding hydrogens is 229 g/mol. The maximum atomic E-state index is 12.7. The summed E-state index contributed by atoms with van der Waals surface area (Å²) in [6.07, 6.45) is 2.39. The van der Waals surface area contributed by atoms with E-state index in [1.54, 1.807) is 12.1 Å². The first kappa shape index (κ1) is 14.7. The van der Waals surface area contributed by atoms with Gasteiger partial charge in [0, 0.05) is 6.54 Å². The van der Waals surface area contributed by atoms with Crippen LogP contribution in [-0.4, -0.2) is 12.5 Å². The van der Waals surface area contributed by atoms with Crippen molar-refractivity contribution in [2.45, 2.75) is 40.0 Å². The van der Waals surface area contributed by atoms with Gasteiger partial charge < -0.3 is 5.32 Å². The van der Waals surface area contributed by atoms with Gasteiger partial charge >= 0.3 is 0 Å². The fourth-order valence-corrected chi connectivity index (χ4v) is 1.70. The zero-order valence-electron chi connectivity index (χ0n) is 11.4. The van der Waals surface area contributed by atoms with Crippen LogP contribution >= 0.6 is 0 Å². The normalized spacial score (nSPS) is 11.3. The van der Waals surface area contributed by atoms with Crippen molar-refractivity contribution in [3.8, 4) is 0 Å². The molecule has 100 valence electrons. The van der Waals surface area contributed by atoms with Crippen molar-refractivity contribution in [2.24, 2.45) is 5.41 Å². The summed E-state index contributed by atoms with van der Waals surface area (Å²) in [7, 11) is 0. The van der Waals surface area contributed by atoms with Crippen LogP contribution in [0.2, 0.25) is 0 Å². The molecule has 0 fully saturated rings. The molecule has 0 bridgehead atoms. The van der Waals surface area contributed by atoms with E-state index in [2.05, 4.69) is 26.1 Å². The minimum absolute atomic E-state index is 0.00415. The van der Waals surface area contributed by atoms with Gasteiger partial charge in [-0.05, 0) is 36.0 Å². The standard InChI is InChI=1S/C15H22FNO/c1-15(2,3)9-4-10-17-14(18)11-12-5-7-13(16)8-6-12/h5-8H,4,9-11H2,1-3H3,(H,17,18). The lowest BCUT2D eigenvalue weighted by Crippen LogP contribution is -2.26. The Kier molecular flexibility index (Phi) is 5.32. The monoisotopic (exact) mass is 251 g/mol. The molecule has 0 saturated heterocycles. The molecule has 0 aromatic heterocycles. The molecular formula is C15H22FNO. The molecule has 0 spiro atoms. The van der Waals surface area contributed by atoms with Crippen LogP contribution in [0.25, 0.3) is 0 Å². The minimum atomic E-state index is -0.274. The van der Waals surface area contributed by atoms with Crippen molar-refractivity contribution in [3.63, 3.8) is 0 Å². The van der Waals surface area contributed by atoms with Crippen LogP contribution in [0.4, 0.5) is 4.39 Å². The lowest BCUT2D eigenvalue weighted by Gasteiger charge is -2.17. The Morgan fingerprint density at radius 1 is 1.22 bits per heavy atom. The number of benzene rings is 1. The van der Waals surface area contributed by atoms with Gasteiger partial charge in [0.05, 0.1) is 6.42 Å². The zero-order chi connectivity index (χ0) is 13.6. The predicted molar refractivity (Wildman–Crippen MR) is 71.8 cm³/mol. The molecule has 1 aromatic rings. The van der Waals surface area contributed by atoms with Crippen LogP contribution in [0.1, 0.15) is 39.2 Å². The van der Waals surface area contributed by atoms with Gasteiger partial charge in [-0.3, -0.25) is 4.79 Å². The predicted octanol–water partition coefficient (Wildman–Crippen LogP) is 3.31. The average Bonchev–Trinajstić information content (AvgIpc) is 2.26. The Hall–Kier alpha value is -1.38. The van der Waals surface area contributed by atoms with Gasteiger partial charge in [-0.2, -0.15) is 0 Å². The molecule has 0 radical (unpaired) electrons. The Bertz CT molecular complexity index is 378. The van der Waals surface area contributed by atoms with E-state index in [4.69, 9.17) is 0 Å². The van der Waals surface area contributed by atoms with Crippen LogP contribution in [0, 0.1) is 11.2 Å². The number of carbonyl (C=O) groups excluding carboxylic acids is 1. The molecule has 1 rings (SSSR count). The molecule has 18 heavy (non-hydrogen) atoms. The summed E-state index contributed by atoms with van der Waals surface area (Å²) in [5.41, 5.74) is 1.14. The van der Waals surface area contributed by atoms with Crippen LogP contribution in [0.15, 0.2) is 24.3 Å². The van der Waals surface area contributed by atoms with Crippen molar-refractivity contribution in [1.29, 1.82) is 0 Å². The van der Waals surface area contributed by atoms with E-state index in [9.17, 15) is 9.18 Å². The van der Waals surface area contributed by atoms with Crippen molar-refractivity contribution in [2.75, 3.05) is 6.54 Å². The van der Waals surface area contributed by atoms with Crippen LogP contribution < -0.4 is 5.32 Å². The Balaban J connectivity index is 2.24. The zero-order valence-corrected chi connectivity index (χ0v) is 11.4. The van der Waals surface area contributed by atoms with Gasteiger partial charge in [0.1, 0.15) is 5.82 Å². The lowest BCUT2D eigenvalue weighted by molar-refractivity contribution is -0.120. The van der Waals surface area contributed by atoms with Gasteiger partial charge in [-0.1, -0.05) is 32.9 Å². The van der Waals surface area contributed by atoms with Gasteiger partial charge in [0.25, 0.3) is 0 Å². The van der Waals surface area contributed by atoms with Crippen LogP contribution in [0.5, 0.6) is 0 Å². The van der Waals surface area contributed by atoms with Crippen molar-refractivity contribution in [3.05, 3.63) is 35.6 Å². The van der Waals surface area contributed by atoms with E-state index < -0.39 is 0 Å². The van der Waals surface area contributed by atoms with Gasteiger partial charge in [0.15, 0.2) is 0 Å². The fraction of sp³-hybridized carbons (Fsp3) is 0.533. The van der Waals surface area contributed by atoms with Crippen molar-refractivity contribution >= 4 is 5.91 Å². The second kappa shape index (κ2) is 6.53. The molecule has 1 amide bonds. The molecule has 0 aliphatic carbocycles. The second-order valence-corrected chi connectivity index (χ2v) is 5.82. The molecule has 1 N–H and O–H groups in total. The second-order valence-electron chi connectivity index (χ2n) is 5.82. The smallest absolute Gasteiger partial charge is 0.224 e. The summed E-state index contributed by atoms with van der Waals surface area (Å²) in [5, 5.41) is 2.89. The van der Waals surface area contributed by atoms with E-state index in [0.29, 0.717) is 18.4 Å². The first-order valence-corrected chi connectivity index (χ1v) is 6.38. The van der Waals surface area contributed by atoms with E-state index in [1.165, 1.54) is 12.1 Å². The number of hydrogen-bond acceptors (Lipinski definition) is 1. The van der Waals surface area contributed by atoms with Gasteiger partial charge in [0.2, 0.25) is 5.91 Å². The Labute approximate surface area is 109 Å². The highest BCUT2D eigenvalue weighted by atomic mass is 19.1. The molecule has 2 nitrogen and oxygen atoms in total. The van der Waals surface area contributed by atoms with Crippen LogP contribution in [-0.2, 0) is 11.2 Å². The molecule has 0 aliphatic heterocycles. The number of rotatable bonds is 5. The molecule has 0 aliphatic rings. The number of halogens is 1. The number of amides is 1. The molecule has 1 aromatic carbocycles. The summed E-state index contributed by atoms with van der Waals surface area (Å²) in [4.78, 5) is 11.6. The van der Waals surface area contributed by atoms with Gasteiger partial charge in [-0.15, -0.1) is 0 Å². The van der Waals surface area contributed by atoms with E-state index in [-0.39, 0.29) is 11.7 Å². The molecule has 3 heteroatoms. The van der Waals surface area contributed by atoms with E-state index in [0.717, 1.165) is 18.4 Å². The topological polar surface area (TPSA) is 29.1 Å². The lowest BCUT2D eigenvalue weighted by atomic mass is 9.91.